The lowest BCUT2D eigenvalue weighted by Crippen LogP contribution is -2.55. The molecule has 0 aliphatic carbocycles. The summed E-state index contributed by atoms with van der Waals surface area (Å²) < 4.78 is 11.5. The molecule has 0 bridgehead atoms. The second kappa shape index (κ2) is 6.26. The Kier molecular flexibility index (Phi) is 4.07. The van der Waals surface area contributed by atoms with Crippen LogP contribution in [0, 0.1) is 0 Å². The highest BCUT2D eigenvalue weighted by Crippen LogP contribution is 2.30. The lowest BCUT2D eigenvalue weighted by Gasteiger charge is -2.38. The number of morpholine rings is 1. The van der Waals surface area contributed by atoms with Crippen molar-refractivity contribution in [3.05, 3.63) is 53.1 Å². The third-order valence-corrected chi connectivity index (χ3v) is 4.69. The summed E-state index contributed by atoms with van der Waals surface area (Å²) >= 11 is 6.01. The molecule has 0 radical (unpaired) electrons. The third kappa shape index (κ3) is 3.06. The molecule has 0 saturated carbocycles. The normalized spacial score (nSPS) is 23.7. The molecule has 1 aliphatic rings. The number of ether oxygens (including phenoxy) is 1. The summed E-state index contributed by atoms with van der Waals surface area (Å²) in [5.41, 5.74) is 2.84. The molecule has 2 unspecified atom stereocenters. The van der Waals surface area contributed by atoms with E-state index in [2.05, 4.69) is 10.3 Å². The Morgan fingerprint density at radius 1 is 1.32 bits per heavy atom. The van der Waals surface area contributed by atoms with Gasteiger partial charge in [-0.25, -0.2) is 4.98 Å². The first-order valence-electron chi connectivity index (χ1n) is 8.05. The second-order valence-electron chi connectivity index (χ2n) is 6.45. The van der Waals surface area contributed by atoms with E-state index in [1.54, 1.807) is 12.1 Å². The minimum atomic E-state index is -0.449. The first kappa shape index (κ1) is 16.3. The summed E-state index contributed by atoms with van der Waals surface area (Å²) in [6.45, 7) is 2.91. The van der Waals surface area contributed by atoms with Crippen LogP contribution in [0.15, 0.2) is 46.9 Å². The average Bonchev–Trinajstić information content (AvgIpc) is 3.05. The Bertz CT molecular complexity index is 939. The van der Waals surface area contributed by atoms with E-state index >= 15 is 0 Å². The van der Waals surface area contributed by atoms with Gasteiger partial charge in [-0.2, -0.15) is 0 Å². The predicted molar refractivity (Wildman–Crippen MR) is 95.6 cm³/mol. The molecule has 128 valence electrons. The Hall–Kier alpha value is -2.21. The van der Waals surface area contributed by atoms with Crippen LogP contribution >= 0.6 is 11.6 Å². The smallest absolute Gasteiger partial charge is 0.227 e. The van der Waals surface area contributed by atoms with E-state index in [9.17, 15) is 4.79 Å². The summed E-state index contributed by atoms with van der Waals surface area (Å²) in [5.74, 6) is 0.534. The van der Waals surface area contributed by atoms with Crippen LogP contribution in [-0.4, -0.2) is 30.5 Å². The number of nitrogens with zero attached hydrogens (tertiary/aromatic N) is 1. The Labute approximate surface area is 149 Å². The number of aldehydes is 1. The van der Waals surface area contributed by atoms with Crippen molar-refractivity contribution in [3.63, 3.8) is 0 Å². The Morgan fingerprint density at radius 2 is 2.20 bits per heavy atom. The number of oxazole rings is 1. The second-order valence-corrected chi connectivity index (χ2v) is 6.88. The van der Waals surface area contributed by atoms with Crippen molar-refractivity contribution in [1.82, 2.24) is 10.3 Å². The van der Waals surface area contributed by atoms with Gasteiger partial charge in [0.1, 0.15) is 11.8 Å². The van der Waals surface area contributed by atoms with Gasteiger partial charge in [-0.05, 0) is 42.8 Å². The maximum absolute atomic E-state index is 11.1. The van der Waals surface area contributed by atoms with Crippen molar-refractivity contribution in [2.24, 2.45) is 0 Å². The van der Waals surface area contributed by atoms with Crippen LogP contribution in [-0.2, 0) is 15.1 Å². The number of nitrogens with one attached hydrogen (secondary N) is 1. The fraction of sp³-hybridized carbons (Fsp3) is 0.263. The number of rotatable bonds is 3. The number of fused-ring (bicyclic) bond motifs is 1. The van der Waals surface area contributed by atoms with Crippen LogP contribution in [0.3, 0.4) is 0 Å². The lowest BCUT2D eigenvalue weighted by atomic mass is 9.89. The van der Waals surface area contributed by atoms with Crippen LogP contribution in [0.2, 0.25) is 5.02 Å². The van der Waals surface area contributed by atoms with Gasteiger partial charge in [-0.3, -0.25) is 5.32 Å². The van der Waals surface area contributed by atoms with Gasteiger partial charge < -0.3 is 13.9 Å². The van der Waals surface area contributed by atoms with Gasteiger partial charge in [0.15, 0.2) is 5.58 Å². The molecule has 0 spiro atoms. The highest BCUT2D eigenvalue weighted by molar-refractivity contribution is 6.31. The van der Waals surface area contributed by atoms with Gasteiger partial charge in [0.2, 0.25) is 5.89 Å². The zero-order valence-corrected chi connectivity index (χ0v) is 14.4. The van der Waals surface area contributed by atoms with Crippen molar-refractivity contribution in [2.75, 3.05) is 13.2 Å². The molecule has 0 amide bonds. The van der Waals surface area contributed by atoms with E-state index in [1.807, 2.05) is 37.3 Å². The van der Waals surface area contributed by atoms with Crippen LogP contribution in [0.5, 0.6) is 0 Å². The number of carbonyl (C=O) groups excluding carboxylic acids is 1. The molecule has 4 rings (SSSR count). The van der Waals surface area contributed by atoms with Gasteiger partial charge in [0.25, 0.3) is 0 Å². The largest absolute Gasteiger partial charge is 0.436 e. The van der Waals surface area contributed by atoms with E-state index in [0.717, 1.165) is 22.9 Å². The first-order valence-corrected chi connectivity index (χ1v) is 8.43. The lowest BCUT2D eigenvalue weighted by molar-refractivity contribution is -0.114. The monoisotopic (exact) mass is 356 g/mol. The van der Waals surface area contributed by atoms with Crippen LogP contribution in [0.1, 0.15) is 12.5 Å². The third-order valence-electron chi connectivity index (χ3n) is 4.45. The van der Waals surface area contributed by atoms with Crippen molar-refractivity contribution in [2.45, 2.75) is 18.5 Å². The van der Waals surface area contributed by atoms with Gasteiger partial charge in [0, 0.05) is 10.6 Å². The Balaban J connectivity index is 1.72. The van der Waals surface area contributed by atoms with Crippen LogP contribution in [0.4, 0.5) is 0 Å². The topological polar surface area (TPSA) is 64.4 Å². The van der Waals surface area contributed by atoms with E-state index in [4.69, 9.17) is 20.8 Å². The number of halogens is 1. The standard InChI is InChI=1S/C19H17ClN2O3/c1-19(11-24-10-15(9-23)22-19)13-4-2-3-12(7-13)18-21-16-8-14(20)5-6-17(16)25-18/h2-9,15,22H,10-11H2,1H3. The molecule has 2 heterocycles. The first-order chi connectivity index (χ1) is 12.1. The molecule has 25 heavy (non-hydrogen) atoms. The number of aromatic nitrogens is 1. The van der Waals surface area contributed by atoms with Crippen molar-refractivity contribution < 1.29 is 13.9 Å². The van der Waals surface area contributed by atoms with Crippen LogP contribution in [0.25, 0.3) is 22.6 Å². The molecule has 3 aromatic rings. The van der Waals surface area contributed by atoms with Crippen molar-refractivity contribution >= 4 is 29.0 Å². The van der Waals surface area contributed by atoms with E-state index in [0.29, 0.717) is 29.7 Å². The Morgan fingerprint density at radius 3 is 3.04 bits per heavy atom. The van der Waals surface area contributed by atoms with Gasteiger partial charge in [-0.1, -0.05) is 23.7 Å². The summed E-state index contributed by atoms with van der Waals surface area (Å²) in [6.07, 6.45) is 0.881. The minimum Gasteiger partial charge on any atom is -0.436 e. The molecule has 1 saturated heterocycles. The minimum absolute atomic E-state index is 0.311. The highest BCUT2D eigenvalue weighted by Gasteiger charge is 2.34. The summed E-state index contributed by atoms with van der Waals surface area (Å²) in [6, 6.07) is 13.0. The van der Waals surface area contributed by atoms with Gasteiger partial charge >= 0.3 is 0 Å². The quantitative estimate of drug-likeness (QED) is 0.727. The number of hydrogen-bond donors (Lipinski definition) is 1. The maximum atomic E-state index is 11.1. The number of benzene rings is 2. The number of carbonyl (C=O) groups is 1. The van der Waals surface area contributed by atoms with Gasteiger partial charge in [-0.15, -0.1) is 0 Å². The molecule has 2 atom stereocenters. The van der Waals surface area contributed by atoms with E-state index in [1.165, 1.54) is 0 Å². The SMILES string of the molecule is CC1(c2cccc(-c3nc4cc(Cl)ccc4o3)c2)COCC(C=O)N1. The zero-order valence-electron chi connectivity index (χ0n) is 13.7. The van der Waals surface area contributed by atoms with E-state index < -0.39 is 5.54 Å². The molecule has 1 fully saturated rings. The molecular formula is C19H17ClN2O3. The molecule has 1 aromatic heterocycles. The molecule has 1 N–H and O–H groups in total. The fourth-order valence-corrected chi connectivity index (χ4v) is 3.31. The predicted octanol–water partition coefficient (Wildman–Crippen LogP) is 3.55. The van der Waals surface area contributed by atoms with Gasteiger partial charge in [0.05, 0.1) is 24.8 Å². The zero-order chi connectivity index (χ0) is 17.4. The van der Waals surface area contributed by atoms with E-state index in [-0.39, 0.29) is 6.04 Å². The van der Waals surface area contributed by atoms with Crippen LogP contribution < -0.4 is 5.32 Å². The fourth-order valence-electron chi connectivity index (χ4n) is 3.14. The summed E-state index contributed by atoms with van der Waals surface area (Å²) in [5, 5.41) is 3.97. The van der Waals surface area contributed by atoms with Crippen molar-refractivity contribution in [1.29, 1.82) is 0 Å². The summed E-state index contributed by atoms with van der Waals surface area (Å²) in [7, 11) is 0. The molecule has 6 heteroatoms. The molecule has 5 nitrogen and oxygen atoms in total. The summed E-state index contributed by atoms with van der Waals surface area (Å²) in [4.78, 5) is 15.6. The highest BCUT2D eigenvalue weighted by atomic mass is 35.5. The molecule has 2 aromatic carbocycles. The average molecular weight is 357 g/mol. The molecular weight excluding hydrogens is 340 g/mol. The molecule has 1 aliphatic heterocycles. The number of hydrogen-bond acceptors (Lipinski definition) is 5. The maximum Gasteiger partial charge on any atom is 0.227 e. The van der Waals surface area contributed by atoms with Crippen molar-refractivity contribution in [3.8, 4) is 11.5 Å².